The molecule has 3 N–H and O–H groups in total. The van der Waals surface area contributed by atoms with Crippen molar-refractivity contribution in [2.24, 2.45) is 5.10 Å². The van der Waals surface area contributed by atoms with Crippen molar-refractivity contribution < 1.29 is 19.3 Å². The van der Waals surface area contributed by atoms with E-state index in [0.717, 1.165) is 10.9 Å². The van der Waals surface area contributed by atoms with Crippen molar-refractivity contribution in [3.8, 4) is 17.1 Å². The number of hydrazone groups is 1. The van der Waals surface area contributed by atoms with Gasteiger partial charge in [0.25, 0.3) is 17.3 Å². The van der Waals surface area contributed by atoms with Gasteiger partial charge in [-0.3, -0.25) is 25.0 Å². The molecule has 0 saturated carbocycles. The van der Waals surface area contributed by atoms with E-state index >= 15 is 0 Å². The maximum absolute atomic E-state index is 12.8. The number of nitrogens with two attached hydrogens (primary N) is 1. The SMILES string of the molecule is Nc1nonc1-n1nnc(C(=O)N/N=C\c2ccccc2[N+](=O)[O-])c1-c1ccc([N+](=O)[O-])cc1. The number of para-hydroxylation sites is 1. The number of carbonyl (C=O) groups excluding carboxylic acids is 1. The van der Waals surface area contributed by atoms with Crippen molar-refractivity contribution in [2.75, 3.05) is 5.73 Å². The average molecular weight is 464 g/mol. The van der Waals surface area contributed by atoms with E-state index in [1.165, 1.54) is 42.5 Å². The predicted molar refractivity (Wildman–Crippen MR) is 114 cm³/mol. The smallest absolute Gasteiger partial charge is 0.294 e. The summed E-state index contributed by atoms with van der Waals surface area (Å²) in [5, 5.41) is 40.6. The monoisotopic (exact) mass is 464 g/mol. The highest BCUT2D eigenvalue weighted by atomic mass is 16.6. The molecule has 0 fully saturated rings. The number of nitro groups is 2. The Balaban J connectivity index is 1.70. The minimum atomic E-state index is -0.829. The molecule has 2 aromatic heterocycles. The fraction of sp³-hybridized carbons (Fsp3) is 0. The number of hydrogen-bond acceptors (Lipinski definition) is 12. The summed E-state index contributed by atoms with van der Waals surface area (Å²) in [6, 6.07) is 11.0. The number of benzene rings is 2. The number of hydrogen-bond donors (Lipinski definition) is 2. The van der Waals surface area contributed by atoms with Crippen molar-refractivity contribution >= 4 is 29.3 Å². The Bertz CT molecular complexity index is 1430. The van der Waals surface area contributed by atoms with Crippen molar-refractivity contribution in [2.45, 2.75) is 0 Å². The molecule has 2 heterocycles. The molecule has 0 unspecified atom stereocenters. The van der Waals surface area contributed by atoms with Gasteiger partial charge in [-0.1, -0.05) is 17.3 Å². The summed E-state index contributed by atoms with van der Waals surface area (Å²) in [4.78, 5) is 33.7. The molecule has 0 aliphatic carbocycles. The zero-order chi connectivity index (χ0) is 24.2. The third-order valence-electron chi connectivity index (χ3n) is 4.44. The molecule has 16 heteroatoms. The third kappa shape index (κ3) is 4.13. The lowest BCUT2D eigenvalue weighted by Crippen LogP contribution is -2.19. The fourth-order valence-electron chi connectivity index (χ4n) is 2.90. The lowest BCUT2D eigenvalue weighted by molar-refractivity contribution is -0.385. The molecule has 16 nitrogen and oxygen atoms in total. The molecule has 4 aromatic rings. The summed E-state index contributed by atoms with van der Waals surface area (Å²) in [6.45, 7) is 0. The van der Waals surface area contributed by atoms with Crippen LogP contribution in [0.4, 0.5) is 17.2 Å². The second-order valence-corrected chi connectivity index (χ2v) is 6.49. The number of rotatable bonds is 7. The average Bonchev–Trinajstić information content (AvgIpc) is 3.45. The minimum Gasteiger partial charge on any atom is -0.378 e. The zero-order valence-corrected chi connectivity index (χ0v) is 16.8. The van der Waals surface area contributed by atoms with Gasteiger partial charge in [-0.15, -0.1) is 5.10 Å². The van der Waals surface area contributed by atoms with E-state index in [4.69, 9.17) is 5.73 Å². The van der Waals surface area contributed by atoms with Crippen molar-refractivity contribution in [1.29, 1.82) is 0 Å². The van der Waals surface area contributed by atoms with Crippen LogP contribution in [-0.4, -0.2) is 47.3 Å². The topological polar surface area (TPSA) is 223 Å². The van der Waals surface area contributed by atoms with E-state index in [1.807, 2.05) is 0 Å². The van der Waals surface area contributed by atoms with Crippen LogP contribution >= 0.6 is 0 Å². The molecule has 0 aliphatic heterocycles. The van der Waals surface area contributed by atoms with Gasteiger partial charge in [0, 0.05) is 23.8 Å². The summed E-state index contributed by atoms with van der Waals surface area (Å²) in [5.74, 6) is -1.04. The Hall–Kier alpha value is -5.54. The molecule has 0 atom stereocenters. The molecule has 0 spiro atoms. The number of nitro benzene ring substituents is 2. The summed E-state index contributed by atoms with van der Waals surface area (Å²) < 4.78 is 5.65. The molecular weight excluding hydrogens is 452 g/mol. The minimum absolute atomic E-state index is 0.0655. The molecule has 0 radical (unpaired) electrons. The van der Waals surface area contributed by atoms with E-state index in [0.29, 0.717) is 5.56 Å². The number of amides is 1. The number of nitrogens with zero attached hydrogens (tertiary/aromatic N) is 8. The van der Waals surface area contributed by atoms with Crippen LogP contribution in [0.2, 0.25) is 0 Å². The van der Waals surface area contributed by atoms with Crippen LogP contribution in [0.25, 0.3) is 17.1 Å². The number of carbonyl (C=O) groups is 1. The molecule has 0 aliphatic rings. The lowest BCUT2D eigenvalue weighted by Gasteiger charge is -2.05. The van der Waals surface area contributed by atoms with Crippen molar-refractivity contribution in [3.05, 3.63) is 80.0 Å². The Morgan fingerprint density at radius 3 is 2.47 bits per heavy atom. The Morgan fingerprint density at radius 1 is 1.09 bits per heavy atom. The van der Waals surface area contributed by atoms with E-state index < -0.39 is 15.8 Å². The molecule has 34 heavy (non-hydrogen) atoms. The summed E-state index contributed by atoms with van der Waals surface area (Å²) >= 11 is 0. The predicted octanol–water partition coefficient (Wildman–Crippen LogP) is 1.48. The summed E-state index contributed by atoms with van der Waals surface area (Å²) in [6.07, 6.45) is 1.10. The van der Waals surface area contributed by atoms with Gasteiger partial charge in [0.1, 0.15) is 5.69 Å². The second-order valence-electron chi connectivity index (χ2n) is 6.49. The van der Waals surface area contributed by atoms with Gasteiger partial charge in [-0.25, -0.2) is 10.1 Å². The molecule has 170 valence electrons. The Labute approximate surface area is 187 Å². The number of anilines is 1. The highest BCUT2D eigenvalue weighted by molar-refractivity contribution is 5.99. The van der Waals surface area contributed by atoms with Crippen LogP contribution in [0.5, 0.6) is 0 Å². The lowest BCUT2D eigenvalue weighted by atomic mass is 10.1. The van der Waals surface area contributed by atoms with Gasteiger partial charge >= 0.3 is 0 Å². The fourth-order valence-corrected chi connectivity index (χ4v) is 2.90. The van der Waals surface area contributed by atoms with E-state index in [-0.39, 0.29) is 40.0 Å². The number of nitrogen functional groups attached to an aromatic ring is 1. The molecule has 0 bridgehead atoms. The van der Waals surface area contributed by atoms with Crippen LogP contribution in [-0.2, 0) is 0 Å². The Morgan fingerprint density at radius 2 is 1.82 bits per heavy atom. The molecule has 4 rings (SSSR count). The van der Waals surface area contributed by atoms with Crippen LogP contribution in [0.3, 0.4) is 0 Å². The maximum atomic E-state index is 12.8. The van der Waals surface area contributed by atoms with Gasteiger partial charge in [0.15, 0.2) is 5.69 Å². The first-order valence-corrected chi connectivity index (χ1v) is 9.22. The molecule has 0 saturated heterocycles. The van der Waals surface area contributed by atoms with Gasteiger partial charge in [-0.2, -0.15) is 9.78 Å². The number of aromatic nitrogens is 5. The standard InChI is InChI=1S/C18H12N10O6/c19-16-17(24-34-23-16)26-15(10-5-7-12(8-6-10)27(30)31)14(21-25-26)18(29)22-20-9-11-3-1-2-4-13(11)28(32)33/h1-9H,(H2,19,23)(H,22,29)/b20-9-. The summed E-state index contributed by atoms with van der Waals surface area (Å²) in [7, 11) is 0. The first-order chi connectivity index (χ1) is 16.4. The van der Waals surface area contributed by atoms with Crippen LogP contribution in [0.15, 0.2) is 58.3 Å². The number of nitrogens with one attached hydrogen (secondary N) is 1. The van der Waals surface area contributed by atoms with Gasteiger partial charge in [-0.05, 0) is 28.5 Å². The normalized spacial score (nSPS) is 10.9. The van der Waals surface area contributed by atoms with Gasteiger partial charge < -0.3 is 5.73 Å². The zero-order valence-electron chi connectivity index (χ0n) is 16.8. The Kier molecular flexibility index (Phi) is 5.68. The first kappa shape index (κ1) is 21.7. The summed E-state index contributed by atoms with van der Waals surface area (Å²) in [5.41, 5.74) is 7.87. The molecular formula is C18H12N10O6. The van der Waals surface area contributed by atoms with Crippen LogP contribution in [0.1, 0.15) is 16.1 Å². The molecule has 2 aromatic carbocycles. The maximum Gasteiger partial charge on any atom is 0.294 e. The third-order valence-corrected chi connectivity index (χ3v) is 4.44. The van der Waals surface area contributed by atoms with Crippen molar-refractivity contribution in [1.82, 2.24) is 30.7 Å². The van der Waals surface area contributed by atoms with E-state index in [1.54, 1.807) is 6.07 Å². The van der Waals surface area contributed by atoms with Crippen LogP contribution < -0.4 is 11.2 Å². The number of non-ortho nitro benzene ring substituents is 1. The van der Waals surface area contributed by atoms with Gasteiger partial charge in [0.05, 0.1) is 21.6 Å². The highest BCUT2D eigenvalue weighted by Gasteiger charge is 2.25. The first-order valence-electron chi connectivity index (χ1n) is 9.22. The van der Waals surface area contributed by atoms with E-state index in [9.17, 15) is 25.0 Å². The van der Waals surface area contributed by atoms with Gasteiger partial charge in [0.2, 0.25) is 11.6 Å². The highest BCUT2D eigenvalue weighted by Crippen LogP contribution is 2.28. The quantitative estimate of drug-likeness (QED) is 0.226. The molecule has 1 amide bonds. The largest absolute Gasteiger partial charge is 0.378 e. The van der Waals surface area contributed by atoms with Crippen molar-refractivity contribution in [3.63, 3.8) is 0 Å². The van der Waals surface area contributed by atoms with E-state index in [2.05, 4.69) is 35.8 Å². The van der Waals surface area contributed by atoms with Crippen LogP contribution in [0, 0.1) is 20.2 Å². The second kappa shape index (κ2) is 8.91.